The third-order valence-corrected chi connectivity index (χ3v) is 10.3. The lowest BCUT2D eigenvalue weighted by Gasteiger charge is -2.16. The van der Waals surface area contributed by atoms with Crippen LogP contribution in [0.3, 0.4) is 0 Å². The van der Waals surface area contributed by atoms with Gasteiger partial charge in [0.2, 0.25) is 19.7 Å². The van der Waals surface area contributed by atoms with Crippen molar-refractivity contribution >= 4 is 19.7 Å². The number of nitrogens with zero attached hydrogens (tertiary/aromatic N) is 1. The van der Waals surface area contributed by atoms with Gasteiger partial charge in [-0.1, -0.05) is 24.3 Å². The zero-order valence-corrected chi connectivity index (χ0v) is 20.6. The molecule has 2 aliphatic rings. The van der Waals surface area contributed by atoms with Crippen LogP contribution in [0.2, 0.25) is 0 Å². The molecule has 0 saturated heterocycles. The van der Waals surface area contributed by atoms with Gasteiger partial charge in [-0.15, -0.1) is 0 Å². The van der Waals surface area contributed by atoms with Gasteiger partial charge in [0.1, 0.15) is 0 Å². The van der Waals surface area contributed by atoms with E-state index < -0.39 is 19.7 Å². The van der Waals surface area contributed by atoms with Crippen LogP contribution in [-0.2, 0) is 19.7 Å². The average molecular weight is 497 g/mol. The topological polar surface area (TPSA) is 93.2 Å². The normalized spacial score (nSPS) is 17.4. The Bertz CT molecular complexity index is 1390. The Balaban J connectivity index is 1.52. The van der Waals surface area contributed by atoms with Gasteiger partial charge < -0.3 is 5.32 Å². The van der Waals surface area contributed by atoms with E-state index in [1.807, 2.05) is 0 Å². The summed E-state index contributed by atoms with van der Waals surface area (Å²) in [6.07, 6.45) is 5.87. The molecule has 1 atom stereocenters. The molecule has 1 heterocycles. The summed E-state index contributed by atoms with van der Waals surface area (Å²) < 4.78 is 54.2. The minimum atomic E-state index is -4.12. The van der Waals surface area contributed by atoms with Crippen molar-refractivity contribution in [2.24, 2.45) is 5.92 Å². The zero-order chi connectivity index (χ0) is 23.9. The molecular formula is C26H28N2O4S2. The lowest BCUT2D eigenvalue weighted by molar-refractivity contribution is 0.548. The van der Waals surface area contributed by atoms with Gasteiger partial charge in [0.15, 0.2) is 5.03 Å². The third-order valence-electron chi connectivity index (χ3n) is 6.61. The predicted molar refractivity (Wildman–Crippen MR) is 129 cm³/mol. The Labute approximate surface area is 201 Å². The summed E-state index contributed by atoms with van der Waals surface area (Å²) in [5.41, 5.74) is 1.84. The lowest BCUT2D eigenvalue weighted by atomic mass is 10.1. The highest BCUT2D eigenvalue weighted by atomic mass is 32.2. The maximum atomic E-state index is 13.6. The van der Waals surface area contributed by atoms with Crippen molar-refractivity contribution < 1.29 is 16.8 Å². The number of hydrogen-bond acceptors (Lipinski definition) is 6. The number of hydrogen-bond donors (Lipinski definition) is 1. The number of sulfone groups is 2. The van der Waals surface area contributed by atoms with Crippen molar-refractivity contribution in [3.63, 3.8) is 0 Å². The van der Waals surface area contributed by atoms with Crippen molar-refractivity contribution in [2.45, 2.75) is 64.3 Å². The van der Waals surface area contributed by atoms with Crippen LogP contribution in [0.15, 0.2) is 86.6 Å². The van der Waals surface area contributed by atoms with Gasteiger partial charge in [-0.05, 0) is 98.5 Å². The third kappa shape index (κ3) is 4.67. The number of rotatable bonds is 9. The SMILES string of the molecule is C[C@H](NCC1CC1)c1ccc(S(=O)(=O)c2ccc(C3CC3)cc2S(=O)(=O)c2ccccn2)cc1. The van der Waals surface area contributed by atoms with Crippen LogP contribution in [0.1, 0.15) is 55.7 Å². The van der Waals surface area contributed by atoms with Gasteiger partial charge in [-0.25, -0.2) is 21.8 Å². The molecular weight excluding hydrogens is 468 g/mol. The molecule has 0 amide bonds. The lowest BCUT2D eigenvalue weighted by Crippen LogP contribution is -2.21. The molecule has 34 heavy (non-hydrogen) atoms. The van der Waals surface area contributed by atoms with Crippen LogP contribution >= 0.6 is 0 Å². The Morgan fingerprint density at radius 3 is 2.24 bits per heavy atom. The fourth-order valence-corrected chi connectivity index (χ4v) is 7.38. The number of pyridine rings is 1. The van der Waals surface area contributed by atoms with Gasteiger partial charge in [-0.3, -0.25) is 0 Å². The van der Waals surface area contributed by atoms with Gasteiger partial charge in [0.25, 0.3) is 0 Å². The Hall–Kier alpha value is -2.55. The molecule has 0 spiro atoms. The molecule has 178 valence electrons. The second kappa shape index (κ2) is 8.91. The summed E-state index contributed by atoms with van der Waals surface area (Å²) in [6, 6.07) is 16.1. The Morgan fingerprint density at radius 1 is 0.882 bits per heavy atom. The minimum Gasteiger partial charge on any atom is -0.310 e. The fourth-order valence-electron chi connectivity index (χ4n) is 4.09. The molecule has 5 rings (SSSR count). The van der Waals surface area contributed by atoms with Crippen LogP contribution in [0.25, 0.3) is 0 Å². The summed E-state index contributed by atoms with van der Waals surface area (Å²) in [4.78, 5) is 3.64. The van der Waals surface area contributed by atoms with Gasteiger partial charge in [0.05, 0.1) is 14.7 Å². The molecule has 3 aromatic rings. The van der Waals surface area contributed by atoms with Gasteiger partial charge >= 0.3 is 0 Å². The first-order valence-corrected chi connectivity index (χ1v) is 14.6. The molecule has 2 fully saturated rings. The van der Waals surface area contributed by atoms with Crippen LogP contribution in [0.5, 0.6) is 0 Å². The van der Waals surface area contributed by atoms with E-state index in [9.17, 15) is 16.8 Å². The molecule has 2 saturated carbocycles. The highest BCUT2D eigenvalue weighted by molar-refractivity contribution is 7.94. The summed E-state index contributed by atoms with van der Waals surface area (Å²) >= 11 is 0. The highest BCUT2D eigenvalue weighted by Crippen LogP contribution is 2.42. The molecule has 1 aromatic heterocycles. The van der Waals surface area contributed by atoms with E-state index in [1.54, 1.807) is 42.5 Å². The number of nitrogens with one attached hydrogen (secondary N) is 1. The van der Waals surface area contributed by atoms with E-state index in [2.05, 4.69) is 17.2 Å². The summed E-state index contributed by atoms with van der Waals surface area (Å²) in [5.74, 6) is 1.03. The van der Waals surface area contributed by atoms with E-state index in [0.717, 1.165) is 36.4 Å². The summed E-state index contributed by atoms with van der Waals surface area (Å²) in [6.45, 7) is 3.02. The fraction of sp³-hybridized carbons (Fsp3) is 0.346. The van der Waals surface area contributed by atoms with Gasteiger partial charge in [0, 0.05) is 12.2 Å². The maximum absolute atomic E-state index is 13.6. The van der Waals surface area contributed by atoms with Crippen LogP contribution in [0, 0.1) is 5.92 Å². The molecule has 8 heteroatoms. The molecule has 1 N–H and O–H groups in total. The van der Waals surface area contributed by atoms with E-state index in [4.69, 9.17) is 0 Å². The number of aromatic nitrogens is 1. The summed E-state index contributed by atoms with van der Waals surface area (Å²) in [5, 5.41) is 3.32. The smallest absolute Gasteiger partial charge is 0.225 e. The van der Waals surface area contributed by atoms with E-state index >= 15 is 0 Å². The van der Waals surface area contributed by atoms with Crippen molar-refractivity contribution in [3.8, 4) is 0 Å². The van der Waals surface area contributed by atoms with E-state index in [-0.39, 0.29) is 31.7 Å². The van der Waals surface area contributed by atoms with Crippen molar-refractivity contribution in [2.75, 3.05) is 6.54 Å². The van der Waals surface area contributed by atoms with Crippen LogP contribution < -0.4 is 5.32 Å². The quantitative estimate of drug-likeness (QED) is 0.462. The highest BCUT2D eigenvalue weighted by Gasteiger charge is 2.33. The first-order chi connectivity index (χ1) is 16.3. The van der Waals surface area contributed by atoms with E-state index in [1.165, 1.54) is 37.2 Å². The van der Waals surface area contributed by atoms with Crippen LogP contribution in [-0.4, -0.2) is 28.4 Å². The Morgan fingerprint density at radius 2 is 1.62 bits per heavy atom. The molecule has 2 aromatic carbocycles. The van der Waals surface area contributed by atoms with Crippen molar-refractivity contribution in [3.05, 3.63) is 78.0 Å². The molecule has 0 unspecified atom stereocenters. The van der Waals surface area contributed by atoms with Gasteiger partial charge in [-0.2, -0.15) is 0 Å². The molecule has 0 radical (unpaired) electrons. The second-order valence-electron chi connectivity index (χ2n) is 9.30. The molecule has 2 aliphatic carbocycles. The van der Waals surface area contributed by atoms with Crippen molar-refractivity contribution in [1.82, 2.24) is 10.3 Å². The zero-order valence-electron chi connectivity index (χ0n) is 19.0. The maximum Gasteiger partial charge on any atom is 0.225 e. The van der Waals surface area contributed by atoms with Crippen LogP contribution in [0.4, 0.5) is 0 Å². The number of benzene rings is 2. The Kier molecular flexibility index (Phi) is 6.08. The molecule has 6 nitrogen and oxygen atoms in total. The first-order valence-electron chi connectivity index (χ1n) is 11.7. The average Bonchev–Trinajstić information content (AvgIpc) is 3.77. The largest absolute Gasteiger partial charge is 0.310 e. The molecule has 0 bridgehead atoms. The van der Waals surface area contributed by atoms with Crippen molar-refractivity contribution in [1.29, 1.82) is 0 Å². The molecule has 0 aliphatic heterocycles. The second-order valence-corrected chi connectivity index (χ2v) is 13.1. The minimum absolute atomic E-state index is 0.0716. The standard InChI is InChI=1S/C26H28N2O4S2/c1-18(28-17-19-5-6-19)20-9-12-23(13-10-20)33(29,30)24-14-11-22(21-7-8-21)16-25(24)34(31,32)26-4-2-3-15-27-26/h2-4,9-16,18-19,21,28H,5-8,17H2,1H3/t18-/m0/s1. The monoisotopic (exact) mass is 496 g/mol. The summed E-state index contributed by atoms with van der Waals surface area (Å²) in [7, 11) is -8.19. The van der Waals surface area contributed by atoms with E-state index in [0.29, 0.717) is 0 Å². The first kappa shape index (κ1) is 23.2. The predicted octanol–water partition coefficient (Wildman–Crippen LogP) is 4.69.